The van der Waals surface area contributed by atoms with Gasteiger partial charge in [0.25, 0.3) is 0 Å². The summed E-state index contributed by atoms with van der Waals surface area (Å²) < 4.78 is 15.8. The molecule has 1 unspecified atom stereocenters. The van der Waals surface area contributed by atoms with Crippen molar-refractivity contribution in [3.8, 4) is 11.8 Å². The minimum Gasteiger partial charge on any atom is -0.480 e. The molecule has 1 atom stereocenters. The number of ether oxygens (including phenoxy) is 2. The highest BCUT2D eigenvalue weighted by Gasteiger charge is 2.22. The van der Waals surface area contributed by atoms with E-state index in [2.05, 4.69) is 9.97 Å². The Bertz CT molecular complexity index is 736. The fourth-order valence-electron chi connectivity index (χ4n) is 2.07. The second kappa shape index (κ2) is 5.41. The first-order valence-corrected chi connectivity index (χ1v) is 6.34. The van der Waals surface area contributed by atoms with Gasteiger partial charge >= 0.3 is 0 Å². The van der Waals surface area contributed by atoms with Crippen LogP contribution < -0.4 is 9.47 Å². The molecular formula is C15H14N2O4. The van der Waals surface area contributed by atoms with Crippen LogP contribution in [0.1, 0.15) is 17.6 Å². The highest BCUT2D eigenvalue weighted by molar-refractivity contribution is 5.77. The van der Waals surface area contributed by atoms with Crippen molar-refractivity contribution in [2.75, 3.05) is 14.2 Å². The van der Waals surface area contributed by atoms with Gasteiger partial charge in [0.05, 0.1) is 20.4 Å². The molecule has 1 N–H and O–H groups in total. The van der Waals surface area contributed by atoms with Crippen LogP contribution in [-0.2, 0) is 0 Å². The number of aliphatic hydroxyl groups excluding tert-OH is 1. The highest BCUT2D eigenvalue weighted by atomic mass is 16.5. The maximum absolute atomic E-state index is 10.5. The zero-order valence-electron chi connectivity index (χ0n) is 11.6. The van der Waals surface area contributed by atoms with Crippen molar-refractivity contribution < 1.29 is 19.0 Å². The minimum absolute atomic E-state index is 0.197. The van der Waals surface area contributed by atoms with E-state index in [9.17, 15) is 5.11 Å². The van der Waals surface area contributed by atoms with E-state index in [0.29, 0.717) is 17.2 Å². The lowest BCUT2D eigenvalue weighted by Gasteiger charge is -2.11. The van der Waals surface area contributed by atoms with Gasteiger partial charge in [-0.15, -0.1) is 0 Å². The lowest BCUT2D eigenvalue weighted by Crippen LogP contribution is -2.06. The largest absolute Gasteiger partial charge is 0.480 e. The standard InChI is InChI=1S/C15H14N2O4/c1-19-12-8-16-13(15(17-12)20-2)14(18)11-7-9-5-3-4-6-10(9)21-11/h3-8,14,18H,1-2H3. The number of hydrogen-bond donors (Lipinski definition) is 1. The van der Waals surface area contributed by atoms with Gasteiger partial charge in [0.2, 0.25) is 11.8 Å². The number of hydrogen-bond acceptors (Lipinski definition) is 6. The van der Waals surface area contributed by atoms with Crippen LogP contribution in [0.4, 0.5) is 0 Å². The maximum Gasteiger partial charge on any atom is 0.241 e. The number of rotatable bonds is 4. The topological polar surface area (TPSA) is 77.6 Å². The molecule has 0 radical (unpaired) electrons. The average molecular weight is 286 g/mol. The highest BCUT2D eigenvalue weighted by Crippen LogP contribution is 2.31. The van der Waals surface area contributed by atoms with Crippen molar-refractivity contribution >= 4 is 11.0 Å². The van der Waals surface area contributed by atoms with Gasteiger partial charge in [-0.25, -0.2) is 4.98 Å². The van der Waals surface area contributed by atoms with E-state index >= 15 is 0 Å². The van der Waals surface area contributed by atoms with Gasteiger partial charge < -0.3 is 19.0 Å². The lowest BCUT2D eigenvalue weighted by molar-refractivity contribution is 0.181. The Balaban J connectivity index is 2.02. The van der Waals surface area contributed by atoms with Gasteiger partial charge in [-0.2, -0.15) is 4.98 Å². The van der Waals surface area contributed by atoms with Crippen LogP contribution in [0.5, 0.6) is 11.8 Å². The predicted octanol–water partition coefficient (Wildman–Crippen LogP) is 2.32. The molecule has 6 heteroatoms. The van der Waals surface area contributed by atoms with Crippen LogP contribution in [0.25, 0.3) is 11.0 Å². The molecule has 0 aliphatic heterocycles. The lowest BCUT2D eigenvalue weighted by atomic mass is 10.2. The molecule has 0 aliphatic rings. The first kappa shape index (κ1) is 13.4. The van der Waals surface area contributed by atoms with Crippen LogP contribution in [0.3, 0.4) is 0 Å². The van der Waals surface area contributed by atoms with Crippen molar-refractivity contribution in [1.82, 2.24) is 9.97 Å². The number of methoxy groups -OCH3 is 2. The average Bonchev–Trinajstić information content (AvgIpc) is 2.97. The van der Waals surface area contributed by atoms with Gasteiger partial charge in [0, 0.05) is 5.39 Å². The van der Waals surface area contributed by atoms with E-state index in [1.807, 2.05) is 24.3 Å². The molecule has 6 nitrogen and oxygen atoms in total. The number of furan rings is 1. The van der Waals surface area contributed by atoms with Crippen LogP contribution in [-0.4, -0.2) is 29.3 Å². The summed E-state index contributed by atoms with van der Waals surface area (Å²) in [6.07, 6.45) is 0.356. The van der Waals surface area contributed by atoms with Gasteiger partial charge in [-0.05, 0) is 12.1 Å². The smallest absolute Gasteiger partial charge is 0.241 e. The third-order valence-electron chi connectivity index (χ3n) is 3.12. The molecular weight excluding hydrogens is 272 g/mol. The third-order valence-corrected chi connectivity index (χ3v) is 3.12. The van der Waals surface area contributed by atoms with E-state index < -0.39 is 6.10 Å². The van der Waals surface area contributed by atoms with E-state index in [-0.39, 0.29) is 11.6 Å². The Morgan fingerprint density at radius 2 is 2.00 bits per heavy atom. The molecule has 0 saturated heterocycles. The number of para-hydroxylation sites is 1. The summed E-state index contributed by atoms with van der Waals surface area (Å²) in [5, 5.41) is 11.4. The van der Waals surface area contributed by atoms with Crippen molar-refractivity contribution in [3.63, 3.8) is 0 Å². The molecule has 1 aromatic carbocycles. The fraction of sp³-hybridized carbons (Fsp3) is 0.200. The molecule has 0 bridgehead atoms. The second-order valence-electron chi connectivity index (χ2n) is 4.40. The predicted molar refractivity (Wildman–Crippen MR) is 75.4 cm³/mol. The number of benzene rings is 1. The summed E-state index contributed by atoms with van der Waals surface area (Å²) in [4.78, 5) is 8.25. The first-order chi connectivity index (χ1) is 10.2. The normalized spacial score (nSPS) is 12.3. The van der Waals surface area contributed by atoms with Gasteiger partial charge in [-0.3, -0.25) is 0 Å². The number of aliphatic hydroxyl groups is 1. The molecule has 0 amide bonds. The summed E-state index contributed by atoms with van der Waals surface area (Å²) in [6, 6.07) is 9.29. The number of nitrogens with zero attached hydrogens (tertiary/aromatic N) is 2. The monoisotopic (exact) mass is 286 g/mol. The minimum atomic E-state index is -1.06. The second-order valence-corrected chi connectivity index (χ2v) is 4.40. The molecule has 2 heterocycles. The van der Waals surface area contributed by atoms with E-state index in [1.54, 1.807) is 6.07 Å². The zero-order valence-corrected chi connectivity index (χ0v) is 11.6. The van der Waals surface area contributed by atoms with E-state index in [0.717, 1.165) is 5.39 Å². The Labute approximate surface area is 121 Å². The zero-order chi connectivity index (χ0) is 14.8. The number of aromatic nitrogens is 2. The van der Waals surface area contributed by atoms with Crippen molar-refractivity contribution in [2.24, 2.45) is 0 Å². The van der Waals surface area contributed by atoms with Crippen molar-refractivity contribution in [1.29, 1.82) is 0 Å². The first-order valence-electron chi connectivity index (χ1n) is 6.34. The molecule has 3 aromatic rings. The summed E-state index contributed by atoms with van der Waals surface area (Å²) in [5.41, 5.74) is 0.976. The summed E-state index contributed by atoms with van der Waals surface area (Å²) in [6.45, 7) is 0. The number of fused-ring (bicyclic) bond motifs is 1. The van der Waals surface area contributed by atoms with Gasteiger partial charge in [-0.1, -0.05) is 18.2 Å². The fourth-order valence-corrected chi connectivity index (χ4v) is 2.07. The molecule has 0 spiro atoms. The Morgan fingerprint density at radius 3 is 2.71 bits per heavy atom. The molecule has 0 aliphatic carbocycles. The quantitative estimate of drug-likeness (QED) is 0.793. The molecule has 2 aromatic heterocycles. The molecule has 108 valence electrons. The van der Waals surface area contributed by atoms with E-state index in [1.165, 1.54) is 20.4 Å². The summed E-state index contributed by atoms with van der Waals surface area (Å²) in [7, 11) is 2.94. The molecule has 0 fully saturated rings. The van der Waals surface area contributed by atoms with Crippen LogP contribution in [0, 0.1) is 0 Å². The van der Waals surface area contributed by atoms with E-state index in [4.69, 9.17) is 13.9 Å². The molecule has 21 heavy (non-hydrogen) atoms. The SMILES string of the molecule is COc1cnc(C(O)c2cc3ccccc3o2)c(OC)n1. The maximum atomic E-state index is 10.5. The third kappa shape index (κ3) is 2.41. The Hall–Kier alpha value is -2.60. The molecule has 3 rings (SSSR count). The van der Waals surface area contributed by atoms with Crippen LogP contribution >= 0.6 is 0 Å². The van der Waals surface area contributed by atoms with Crippen molar-refractivity contribution in [3.05, 3.63) is 48.0 Å². The van der Waals surface area contributed by atoms with Crippen LogP contribution in [0.2, 0.25) is 0 Å². The summed E-state index contributed by atoms with van der Waals surface area (Å²) in [5.74, 6) is 0.892. The van der Waals surface area contributed by atoms with Crippen molar-refractivity contribution in [2.45, 2.75) is 6.10 Å². The Morgan fingerprint density at radius 1 is 1.19 bits per heavy atom. The van der Waals surface area contributed by atoms with Gasteiger partial charge in [0.1, 0.15) is 17.0 Å². The van der Waals surface area contributed by atoms with Gasteiger partial charge in [0.15, 0.2) is 6.10 Å². The van der Waals surface area contributed by atoms with Crippen LogP contribution in [0.15, 0.2) is 40.9 Å². The molecule has 0 saturated carbocycles. The summed E-state index contributed by atoms with van der Waals surface area (Å²) >= 11 is 0. The Kier molecular flexibility index (Phi) is 3.45.